The first kappa shape index (κ1) is 14.5. The van der Waals surface area contributed by atoms with Gasteiger partial charge in [-0.15, -0.1) is 0 Å². The molecule has 0 aliphatic rings. The molecule has 3 aromatic rings. The molecule has 0 fully saturated rings. The van der Waals surface area contributed by atoms with Crippen LogP contribution in [-0.4, -0.2) is 24.6 Å². The molecule has 0 bridgehead atoms. The van der Waals surface area contributed by atoms with Gasteiger partial charge in [0.2, 0.25) is 0 Å². The number of rotatable bonds is 3. The molecule has 1 heterocycles. The highest BCUT2D eigenvalue weighted by Gasteiger charge is 2.09. The van der Waals surface area contributed by atoms with Gasteiger partial charge in [-0.1, -0.05) is 24.3 Å². The number of H-pyrrole nitrogens is 1. The first-order valence-electron chi connectivity index (χ1n) is 6.55. The summed E-state index contributed by atoms with van der Waals surface area (Å²) >= 11 is 0. The maximum Gasteiger partial charge on any atom is 0.175 e. The minimum absolute atomic E-state index is 0.265. The predicted molar refractivity (Wildman–Crippen MR) is 82.5 cm³/mol. The molecule has 112 valence electrons. The molecule has 2 aromatic carbocycles. The van der Waals surface area contributed by atoms with Crippen molar-refractivity contribution in [1.82, 2.24) is 9.97 Å². The lowest BCUT2D eigenvalue weighted by Crippen LogP contribution is -1.96. The van der Waals surface area contributed by atoms with E-state index in [1.54, 1.807) is 42.6 Å². The van der Waals surface area contributed by atoms with Crippen LogP contribution in [0.25, 0.3) is 22.6 Å². The van der Waals surface area contributed by atoms with Gasteiger partial charge in [-0.05, 0) is 29.8 Å². The van der Waals surface area contributed by atoms with Crippen molar-refractivity contribution in [3.8, 4) is 22.6 Å². The second-order valence-electron chi connectivity index (χ2n) is 4.95. The van der Waals surface area contributed by atoms with Gasteiger partial charge in [0.15, 0.2) is 9.84 Å². The highest BCUT2D eigenvalue weighted by molar-refractivity contribution is 7.90. The zero-order valence-corrected chi connectivity index (χ0v) is 12.6. The monoisotopic (exact) mass is 316 g/mol. The average Bonchev–Trinajstić information content (AvgIpc) is 2.96. The molecule has 1 N–H and O–H groups in total. The van der Waals surface area contributed by atoms with Crippen LogP contribution in [0.2, 0.25) is 0 Å². The molecular formula is C16H13FN2O2S. The van der Waals surface area contributed by atoms with Gasteiger partial charge in [-0.3, -0.25) is 0 Å². The molecule has 1 aromatic heterocycles. The normalized spacial score (nSPS) is 11.5. The fourth-order valence-corrected chi connectivity index (χ4v) is 2.76. The van der Waals surface area contributed by atoms with Gasteiger partial charge in [0.1, 0.15) is 11.6 Å². The molecule has 6 heteroatoms. The van der Waals surface area contributed by atoms with Crippen LogP contribution in [0, 0.1) is 5.82 Å². The quantitative estimate of drug-likeness (QED) is 0.806. The van der Waals surface area contributed by atoms with Crippen LogP contribution in [0.4, 0.5) is 4.39 Å². The Morgan fingerprint density at radius 1 is 1.05 bits per heavy atom. The Morgan fingerprint density at radius 3 is 2.41 bits per heavy atom. The van der Waals surface area contributed by atoms with E-state index >= 15 is 0 Å². The van der Waals surface area contributed by atoms with Gasteiger partial charge in [0, 0.05) is 11.8 Å². The lowest BCUT2D eigenvalue weighted by Gasteiger charge is -2.01. The minimum atomic E-state index is -3.21. The largest absolute Gasteiger partial charge is 0.338 e. The molecule has 0 aliphatic heterocycles. The third-order valence-electron chi connectivity index (χ3n) is 3.27. The number of hydrogen-bond donors (Lipinski definition) is 1. The summed E-state index contributed by atoms with van der Waals surface area (Å²) in [7, 11) is -3.21. The van der Waals surface area contributed by atoms with Gasteiger partial charge in [-0.2, -0.15) is 0 Å². The van der Waals surface area contributed by atoms with E-state index in [0.717, 1.165) is 11.3 Å². The van der Waals surface area contributed by atoms with Crippen molar-refractivity contribution in [3.05, 3.63) is 60.5 Å². The predicted octanol–water partition coefficient (Wildman–Crippen LogP) is 3.29. The van der Waals surface area contributed by atoms with Crippen LogP contribution >= 0.6 is 0 Å². The summed E-state index contributed by atoms with van der Waals surface area (Å²) < 4.78 is 36.1. The van der Waals surface area contributed by atoms with E-state index in [4.69, 9.17) is 0 Å². The Kier molecular flexibility index (Phi) is 3.54. The smallest absolute Gasteiger partial charge is 0.175 e. The molecule has 3 rings (SSSR count). The van der Waals surface area contributed by atoms with E-state index in [1.807, 2.05) is 0 Å². The van der Waals surface area contributed by atoms with Crippen LogP contribution < -0.4 is 0 Å². The zero-order valence-electron chi connectivity index (χ0n) is 11.7. The Labute approximate surface area is 127 Å². The molecule has 0 amide bonds. The summed E-state index contributed by atoms with van der Waals surface area (Å²) in [5, 5.41) is 0. The van der Waals surface area contributed by atoms with Gasteiger partial charge in [-0.25, -0.2) is 17.8 Å². The highest BCUT2D eigenvalue weighted by Crippen LogP contribution is 2.23. The molecule has 0 saturated carbocycles. The molecule has 0 saturated heterocycles. The molecule has 22 heavy (non-hydrogen) atoms. The summed E-state index contributed by atoms with van der Waals surface area (Å²) in [6.07, 6.45) is 2.80. The molecule has 0 unspecified atom stereocenters. The lowest BCUT2D eigenvalue weighted by molar-refractivity contribution is 0.602. The minimum Gasteiger partial charge on any atom is -0.338 e. The van der Waals surface area contributed by atoms with Crippen molar-refractivity contribution in [3.63, 3.8) is 0 Å². The lowest BCUT2D eigenvalue weighted by atomic mass is 10.2. The number of nitrogens with zero attached hydrogens (tertiary/aromatic N) is 1. The molecule has 0 aliphatic carbocycles. The Hall–Kier alpha value is -2.47. The molecule has 0 atom stereocenters. The van der Waals surface area contributed by atoms with Crippen molar-refractivity contribution in [2.75, 3.05) is 6.26 Å². The van der Waals surface area contributed by atoms with E-state index in [1.165, 1.54) is 18.4 Å². The van der Waals surface area contributed by atoms with Crippen LogP contribution in [0.1, 0.15) is 0 Å². The highest BCUT2D eigenvalue weighted by atomic mass is 32.2. The van der Waals surface area contributed by atoms with E-state index in [-0.39, 0.29) is 10.7 Å². The summed E-state index contributed by atoms with van der Waals surface area (Å²) in [4.78, 5) is 7.60. The number of nitrogens with one attached hydrogen (secondary N) is 1. The summed E-state index contributed by atoms with van der Waals surface area (Å²) in [5.74, 6) is 0.231. The molecule has 0 radical (unpaired) electrons. The molecule has 0 spiro atoms. The Balaban J connectivity index is 1.94. The van der Waals surface area contributed by atoms with Crippen LogP contribution in [0.5, 0.6) is 0 Å². The maximum atomic E-state index is 13.2. The zero-order chi connectivity index (χ0) is 15.7. The fraction of sp³-hybridized carbons (Fsp3) is 0.0625. The number of aromatic nitrogens is 2. The van der Waals surface area contributed by atoms with Gasteiger partial charge < -0.3 is 4.98 Å². The summed E-state index contributed by atoms with van der Waals surface area (Å²) in [5.41, 5.74) is 2.20. The second kappa shape index (κ2) is 5.38. The van der Waals surface area contributed by atoms with Crippen molar-refractivity contribution in [1.29, 1.82) is 0 Å². The van der Waals surface area contributed by atoms with Crippen LogP contribution in [-0.2, 0) is 9.84 Å². The van der Waals surface area contributed by atoms with Gasteiger partial charge >= 0.3 is 0 Å². The van der Waals surface area contributed by atoms with Crippen LogP contribution in [0.3, 0.4) is 0 Å². The number of imidazole rings is 1. The number of benzene rings is 2. The van der Waals surface area contributed by atoms with Crippen molar-refractivity contribution < 1.29 is 12.8 Å². The topological polar surface area (TPSA) is 62.8 Å². The second-order valence-corrected chi connectivity index (χ2v) is 6.97. The third kappa shape index (κ3) is 2.92. The van der Waals surface area contributed by atoms with Crippen LogP contribution in [0.15, 0.2) is 59.6 Å². The summed E-state index contributed by atoms with van der Waals surface area (Å²) in [6.45, 7) is 0. The Bertz CT molecular complexity index is 915. The average molecular weight is 316 g/mol. The molecule has 4 nitrogen and oxygen atoms in total. The summed E-state index contributed by atoms with van der Waals surface area (Å²) in [6, 6.07) is 12.7. The standard InChI is InChI=1S/C16H13FN2O2S/c1-22(20,21)14-7-5-11(6-8-14)15-10-18-16(19-15)12-3-2-4-13(17)9-12/h2-10H,1H3,(H,18,19). The van der Waals surface area contributed by atoms with Crippen molar-refractivity contribution in [2.24, 2.45) is 0 Å². The number of hydrogen-bond acceptors (Lipinski definition) is 3. The number of halogens is 1. The Morgan fingerprint density at radius 2 is 1.77 bits per heavy atom. The van der Waals surface area contributed by atoms with E-state index < -0.39 is 9.84 Å². The number of sulfone groups is 1. The fourth-order valence-electron chi connectivity index (χ4n) is 2.13. The SMILES string of the molecule is CS(=O)(=O)c1ccc(-c2cnc(-c3cccc(F)c3)[nH]2)cc1. The maximum absolute atomic E-state index is 13.2. The van der Waals surface area contributed by atoms with Gasteiger partial charge in [0.05, 0.1) is 16.8 Å². The van der Waals surface area contributed by atoms with E-state index in [2.05, 4.69) is 9.97 Å². The van der Waals surface area contributed by atoms with E-state index in [0.29, 0.717) is 11.4 Å². The first-order chi connectivity index (χ1) is 10.4. The number of aromatic amines is 1. The van der Waals surface area contributed by atoms with Crippen molar-refractivity contribution >= 4 is 9.84 Å². The molecular weight excluding hydrogens is 303 g/mol. The first-order valence-corrected chi connectivity index (χ1v) is 8.44. The van der Waals surface area contributed by atoms with Gasteiger partial charge in [0.25, 0.3) is 0 Å². The van der Waals surface area contributed by atoms with Crippen molar-refractivity contribution in [2.45, 2.75) is 4.90 Å². The van der Waals surface area contributed by atoms with E-state index in [9.17, 15) is 12.8 Å². The third-order valence-corrected chi connectivity index (χ3v) is 4.40.